The second kappa shape index (κ2) is 26.0. The van der Waals surface area contributed by atoms with Gasteiger partial charge >= 0.3 is 0 Å². The Labute approximate surface area is 127 Å². The van der Waals surface area contributed by atoms with E-state index in [1.807, 2.05) is 66.7 Å². The monoisotopic (exact) mass is 278 g/mol. The van der Waals surface area contributed by atoms with Crippen LogP contribution in [-0.2, 0) is 4.79 Å². The van der Waals surface area contributed by atoms with Crippen molar-refractivity contribution in [3.05, 3.63) is 54.6 Å². The number of carbonyl (C=O) groups excluding carboxylic acids is 1. The predicted octanol–water partition coefficient (Wildman–Crippen LogP) is 6.56. The van der Waals surface area contributed by atoms with E-state index in [0.29, 0.717) is 0 Å². The Kier molecular flexibility index (Phi) is 34.9. The third kappa shape index (κ3) is 36.0. The molecule has 0 bridgehead atoms. The molecule has 0 aromatic heterocycles. The van der Waals surface area contributed by atoms with Gasteiger partial charge in [-0.1, -0.05) is 75.8 Å². The fraction of sp³-hybridized carbons (Fsp3) is 0.421. The minimum Gasteiger partial charge on any atom is -0.304 e. The predicted molar refractivity (Wildman–Crippen MR) is 96.1 cm³/mol. The van der Waals surface area contributed by atoms with E-state index in [4.69, 9.17) is 4.79 Å². The normalized spacial score (nSPS) is 6.60. The number of allylic oxidation sites excluding steroid dienone is 2. The first-order chi connectivity index (χ1) is 9.45. The summed E-state index contributed by atoms with van der Waals surface area (Å²) >= 11 is 0. The van der Waals surface area contributed by atoms with Crippen LogP contribution in [0.1, 0.15) is 61.0 Å². The molecule has 0 aliphatic rings. The summed E-state index contributed by atoms with van der Waals surface area (Å²) in [5.74, 6) is 0. The SMILES string of the molecule is C=C(C)C.C=C(C)c1ccccc1.CC.CC.CC=O. The Balaban J connectivity index is -0.0000000988. The molecule has 0 saturated carbocycles. The largest absolute Gasteiger partial charge is 0.304 e. The van der Waals surface area contributed by atoms with Gasteiger partial charge < -0.3 is 4.79 Å². The summed E-state index contributed by atoms with van der Waals surface area (Å²) in [6.07, 6.45) is 0.750. The molecule has 0 spiro atoms. The number of rotatable bonds is 1. The maximum atomic E-state index is 8.81. The second-order valence-corrected chi connectivity index (χ2v) is 3.59. The standard InChI is InChI=1S/C9H10.C4H8.C2H4O.2C2H6/c1-8(2)9-6-4-3-5-7-9;1-4(2)3;1-2-3;2*1-2/h3-7H,1H2,2H3;1H2,2-3H3;2H,1H3;2*1-2H3. The van der Waals surface area contributed by atoms with Crippen molar-refractivity contribution < 1.29 is 4.79 Å². The molecule has 116 valence electrons. The van der Waals surface area contributed by atoms with Crippen LogP contribution >= 0.6 is 0 Å². The van der Waals surface area contributed by atoms with Gasteiger partial charge in [0.15, 0.2) is 0 Å². The van der Waals surface area contributed by atoms with Crippen LogP contribution in [0.2, 0.25) is 0 Å². The van der Waals surface area contributed by atoms with Crippen molar-refractivity contribution >= 4 is 11.9 Å². The van der Waals surface area contributed by atoms with Gasteiger partial charge in [0.25, 0.3) is 0 Å². The number of aldehydes is 1. The Bertz CT molecular complexity index is 306. The van der Waals surface area contributed by atoms with Gasteiger partial charge in [0.1, 0.15) is 6.29 Å². The zero-order valence-electron chi connectivity index (χ0n) is 14.8. The molecule has 0 N–H and O–H groups in total. The van der Waals surface area contributed by atoms with Crippen LogP contribution in [0.5, 0.6) is 0 Å². The molecule has 1 aromatic carbocycles. The van der Waals surface area contributed by atoms with Gasteiger partial charge in [-0.2, -0.15) is 0 Å². The van der Waals surface area contributed by atoms with Gasteiger partial charge in [0.2, 0.25) is 0 Å². The molecule has 0 aliphatic carbocycles. The number of carbonyl (C=O) groups is 1. The molecule has 0 heterocycles. The minimum absolute atomic E-state index is 0.750. The fourth-order valence-corrected chi connectivity index (χ4v) is 0.723. The van der Waals surface area contributed by atoms with Crippen LogP contribution in [0.15, 0.2) is 49.1 Å². The van der Waals surface area contributed by atoms with Crippen molar-refractivity contribution in [1.82, 2.24) is 0 Å². The van der Waals surface area contributed by atoms with Crippen molar-refractivity contribution in [3.63, 3.8) is 0 Å². The molecule has 1 heteroatoms. The van der Waals surface area contributed by atoms with Crippen LogP contribution in [0.4, 0.5) is 0 Å². The summed E-state index contributed by atoms with van der Waals surface area (Å²) in [4.78, 5) is 8.81. The smallest absolute Gasteiger partial charge is 0.116 e. The highest BCUT2D eigenvalue weighted by molar-refractivity contribution is 5.60. The summed E-state index contributed by atoms with van der Waals surface area (Å²) in [7, 11) is 0. The maximum Gasteiger partial charge on any atom is 0.116 e. The third-order valence-electron chi connectivity index (χ3n) is 1.27. The molecule has 1 nitrogen and oxygen atoms in total. The van der Waals surface area contributed by atoms with Gasteiger partial charge in [-0.15, -0.1) is 6.58 Å². The highest BCUT2D eigenvalue weighted by Crippen LogP contribution is 2.08. The van der Waals surface area contributed by atoms with E-state index < -0.39 is 0 Å². The van der Waals surface area contributed by atoms with Crippen LogP contribution in [-0.4, -0.2) is 6.29 Å². The molecule has 0 amide bonds. The molecule has 1 aromatic rings. The summed E-state index contributed by atoms with van der Waals surface area (Å²) in [5, 5.41) is 0. The topological polar surface area (TPSA) is 17.1 Å². The van der Waals surface area contributed by atoms with E-state index in [1.165, 1.54) is 18.1 Å². The molecule has 0 radical (unpaired) electrons. The lowest BCUT2D eigenvalue weighted by molar-refractivity contribution is -0.106. The molecule has 0 atom stereocenters. The summed E-state index contributed by atoms with van der Waals surface area (Å²) in [5.41, 5.74) is 3.51. The van der Waals surface area contributed by atoms with E-state index >= 15 is 0 Å². The molecule has 0 unspecified atom stereocenters. The van der Waals surface area contributed by atoms with Crippen molar-refractivity contribution in [3.8, 4) is 0 Å². The molecule has 0 fully saturated rings. The van der Waals surface area contributed by atoms with Gasteiger partial charge in [0, 0.05) is 0 Å². The van der Waals surface area contributed by atoms with Crippen LogP contribution in [0, 0.1) is 0 Å². The lowest BCUT2D eigenvalue weighted by Crippen LogP contribution is -1.72. The fourth-order valence-electron chi connectivity index (χ4n) is 0.723. The Hall–Kier alpha value is -1.63. The minimum atomic E-state index is 0.750. The van der Waals surface area contributed by atoms with E-state index in [-0.39, 0.29) is 0 Å². The van der Waals surface area contributed by atoms with E-state index in [0.717, 1.165) is 11.9 Å². The first-order valence-electron chi connectivity index (χ1n) is 7.18. The number of hydrogen-bond acceptors (Lipinski definition) is 1. The number of benzene rings is 1. The Morgan fingerprint density at radius 1 is 0.900 bits per heavy atom. The molecular formula is C19H34O. The van der Waals surface area contributed by atoms with Crippen LogP contribution in [0.25, 0.3) is 5.57 Å². The summed E-state index contributed by atoms with van der Waals surface area (Å²) in [6.45, 7) is 22.8. The van der Waals surface area contributed by atoms with Crippen LogP contribution < -0.4 is 0 Å². The van der Waals surface area contributed by atoms with Gasteiger partial charge in [0.05, 0.1) is 0 Å². The van der Waals surface area contributed by atoms with Crippen LogP contribution in [0.3, 0.4) is 0 Å². The first-order valence-corrected chi connectivity index (χ1v) is 7.18. The first kappa shape index (κ1) is 26.8. The van der Waals surface area contributed by atoms with E-state index in [1.54, 1.807) is 0 Å². The second-order valence-electron chi connectivity index (χ2n) is 3.59. The Morgan fingerprint density at radius 3 is 1.30 bits per heavy atom. The lowest BCUT2D eigenvalue weighted by atomic mass is 10.1. The molecular weight excluding hydrogens is 244 g/mol. The van der Waals surface area contributed by atoms with Crippen molar-refractivity contribution in [2.75, 3.05) is 0 Å². The zero-order valence-corrected chi connectivity index (χ0v) is 14.8. The van der Waals surface area contributed by atoms with Gasteiger partial charge in [-0.3, -0.25) is 0 Å². The average molecular weight is 278 g/mol. The maximum absolute atomic E-state index is 8.81. The molecule has 1 rings (SSSR count). The van der Waals surface area contributed by atoms with Crippen molar-refractivity contribution in [2.45, 2.75) is 55.4 Å². The highest BCUT2D eigenvalue weighted by atomic mass is 16.1. The quantitative estimate of drug-likeness (QED) is 0.420. The van der Waals surface area contributed by atoms with E-state index in [9.17, 15) is 0 Å². The average Bonchev–Trinajstić information content (AvgIpc) is 2.44. The molecule has 0 aliphatic heterocycles. The molecule has 20 heavy (non-hydrogen) atoms. The zero-order chi connectivity index (χ0) is 17.0. The third-order valence-corrected chi connectivity index (χ3v) is 1.27. The lowest BCUT2D eigenvalue weighted by Gasteiger charge is -1.94. The summed E-state index contributed by atoms with van der Waals surface area (Å²) in [6, 6.07) is 10.2. The van der Waals surface area contributed by atoms with Crippen molar-refractivity contribution in [2.24, 2.45) is 0 Å². The van der Waals surface area contributed by atoms with E-state index in [2.05, 4.69) is 25.3 Å². The van der Waals surface area contributed by atoms with Gasteiger partial charge in [-0.25, -0.2) is 0 Å². The Morgan fingerprint density at radius 2 is 1.15 bits per heavy atom. The van der Waals surface area contributed by atoms with Gasteiger partial charge in [-0.05, 0) is 33.3 Å². The molecule has 0 saturated heterocycles. The highest BCUT2D eigenvalue weighted by Gasteiger charge is 1.86. The number of hydrogen-bond donors (Lipinski definition) is 0. The van der Waals surface area contributed by atoms with Crippen molar-refractivity contribution in [1.29, 1.82) is 0 Å². The summed E-state index contributed by atoms with van der Waals surface area (Å²) < 4.78 is 0.